The average molecular weight is 385 g/mol. The molecule has 0 spiro atoms. The topological polar surface area (TPSA) is 0 Å². The van der Waals surface area contributed by atoms with Gasteiger partial charge in [0.25, 0.3) is 0 Å². The van der Waals surface area contributed by atoms with Crippen LogP contribution in [0, 0.1) is 13.8 Å². The summed E-state index contributed by atoms with van der Waals surface area (Å²) in [6.45, 7) is 9.13. The van der Waals surface area contributed by atoms with Gasteiger partial charge in [-0.2, -0.15) is 0 Å². The van der Waals surface area contributed by atoms with Crippen LogP contribution in [0.2, 0.25) is 0 Å². The van der Waals surface area contributed by atoms with Gasteiger partial charge in [0.2, 0.25) is 0 Å². The van der Waals surface area contributed by atoms with Crippen LogP contribution in [-0.4, -0.2) is 0 Å². The zero-order valence-corrected chi connectivity index (χ0v) is 19.0. The first-order valence-electron chi connectivity index (χ1n) is 11.3. The molecule has 0 radical (unpaired) electrons. The summed E-state index contributed by atoms with van der Waals surface area (Å²) in [5, 5.41) is 0. The van der Waals surface area contributed by atoms with Crippen molar-refractivity contribution < 1.29 is 0 Å². The van der Waals surface area contributed by atoms with E-state index in [2.05, 4.69) is 52.0 Å². The highest BCUT2D eigenvalue weighted by molar-refractivity contribution is 7.15. The molecule has 1 aromatic heterocycles. The fraction of sp³-hybridized carbons (Fsp3) is 0.615. The van der Waals surface area contributed by atoms with Gasteiger partial charge in [-0.1, -0.05) is 71.3 Å². The lowest BCUT2D eigenvalue weighted by Crippen LogP contribution is -1.97. The van der Waals surface area contributed by atoms with E-state index in [0.29, 0.717) is 0 Å². The van der Waals surface area contributed by atoms with Crippen LogP contribution < -0.4 is 0 Å². The molecule has 0 aliphatic rings. The number of rotatable bonds is 13. The Kier molecular flexibility index (Phi) is 10.2. The molecule has 0 atom stereocenters. The number of unbranched alkanes of at least 4 members (excludes halogenated alkanes) is 8. The highest BCUT2D eigenvalue weighted by atomic mass is 32.1. The van der Waals surface area contributed by atoms with Gasteiger partial charge in [0.15, 0.2) is 0 Å². The number of hydrogen-bond donors (Lipinski definition) is 0. The van der Waals surface area contributed by atoms with E-state index in [-0.39, 0.29) is 0 Å². The molecule has 1 heteroatoms. The van der Waals surface area contributed by atoms with Crippen LogP contribution in [0.1, 0.15) is 99.6 Å². The van der Waals surface area contributed by atoms with E-state index in [9.17, 15) is 0 Å². The molecule has 2 aromatic rings. The van der Waals surface area contributed by atoms with Gasteiger partial charge in [-0.3, -0.25) is 0 Å². The Balaban J connectivity index is 2.11. The van der Waals surface area contributed by atoms with Crippen molar-refractivity contribution in [2.24, 2.45) is 0 Å². The SMILES string of the molecule is CCCCCCCc1cc(-c2ccc(C)s2)c(CCCCCCC)cc1C. The van der Waals surface area contributed by atoms with E-state index in [0.717, 1.165) is 0 Å². The lowest BCUT2D eigenvalue weighted by Gasteiger charge is -2.14. The second kappa shape index (κ2) is 12.4. The van der Waals surface area contributed by atoms with Crippen LogP contribution in [0.3, 0.4) is 0 Å². The minimum atomic E-state index is 1.23. The Morgan fingerprint density at radius 1 is 0.667 bits per heavy atom. The van der Waals surface area contributed by atoms with E-state index in [1.54, 1.807) is 11.1 Å². The molecule has 0 aliphatic heterocycles. The fourth-order valence-electron chi connectivity index (χ4n) is 3.94. The van der Waals surface area contributed by atoms with Crippen molar-refractivity contribution >= 4 is 11.3 Å². The van der Waals surface area contributed by atoms with Gasteiger partial charge in [-0.25, -0.2) is 0 Å². The smallest absolute Gasteiger partial charge is 0.0348 e. The van der Waals surface area contributed by atoms with Gasteiger partial charge in [0.1, 0.15) is 0 Å². The Morgan fingerprint density at radius 2 is 1.26 bits per heavy atom. The van der Waals surface area contributed by atoms with E-state index >= 15 is 0 Å². The molecule has 0 aliphatic carbocycles. The summed E-state index contributed by atoms with van der Waals surface area (Å²) in [4.78, 5) is 2.88. The highest BCUT2D eigenvalue weighted by Crippen LogP contribution is 2.34. The summed E-state index contributed by atoms with van der Waals surface area (Å²) in [5.74, 6) is 0. The minimum Gasteiger partial charge on any atom is -0.141 e. The standard InChI is InChI=1S/C26H40S/c1-5-7-9-11-13-15-23-20-25(26-18-17-22(4)27-26)24(19-21(23)3)16-14-12-10-8-6-2/h17-20H,5-16H2,1-4H3. The van der Waals surface area contributed by atoms with Crippen LogP contribution in [0.25, 0.3) is 10.4 Å². The molecule has 0 bridgehead atoms. The van der Waals surface area contributed by atoms with Gasteiger partial charge < -0.3 is 0 Å². The van der Waals surface area contributed by atoms with E-state index < -0.39 is 0 Å². The third-order valence-corrected chi connectivity index (χ3v) is 6.70. The second-order valence-corrected chi connectivity index (χ2v) is 9.46. The summed E-state index contributed by atoms with van der Waals surface area (Å²) in [6, 6.07) is 9.64. The van der Waals surface area contributed by atoms with Crippen LogP contribution in [0.15, 0.2) is 24.3 Å². The van der Waals surface area contributed by atoms with Crippen LogP contribution in [-0.2, 0) is 12.8 Å². The highest BCUT2D eigenvalue weighted by Gasteiger charge is 2.11. The zero-order valence-electron chi connectivity index (χ0n) is 18.2. The third kappa shape index (κ3) is 7.45. The van der Waals surface area contributed by atoms with Crippen molar-refractivity contribution in [3.8, 4) is 10.4 Å². The number of benzene rings is 1. The van der Waals surface area contributed by atoms with Gasteiger partial charge in [-0.05, 0) is 80.0 Å². The Hall–Kier alpha value is -1.08. The van der Waals surface area contributed by atoms with Crippen molar-refractivity contribution in [2.45, 2.75) is 105 Å². The molecule has 150 valence electrons. The Bertz CT molecular complexity index is 665. The molecule has 0 saturated heterocycles. The zero-order chi connectivity index (χ0) is 19.5. The largest absolute Gasteiger partial charge is 0.141 e. The van der Waals surface area contributed by atoms with Crippen molar-refractivity contribution in [2.75, 3.05) is 0 Å². The number of thiophene rings is 1. The van der Waals surface area contributed by atoms with Gasteiger partial charge >= 0.3 is 0 Å². The molecular weight excluding hydrogens is 344 g/mol. The molecule has 1 heterocycles. The maximum Gasteiger partial charge on any atom is 0.0348 e. The molecular formula is C26H40S. The summed E-state index contributed by atoms with van der Waals surface area (Å²) in [5.41, 5.74) is 6.16. The quantitative estimate of drug-likeness (QED) is 0.302. The third-order valence-electron chi connectivity index (χ3n) is 5.67. The van der Waals surface area contributed by atoms with E-state index in [1.165, 1.54) is 97.9 Å². The molecule has 0 unspecified atom stereocenters. The molecule has 27 heavy (non-hydrogen) atoms. The molecule has 2 rings (SSSR count). The predicted molar refractivity (Wildman–Crippen MR) is 124 cm³/mol. The van der Waals surface area contributed by atoms with Crippen LogP contribution >= 0.6 is 11.3 Å². The van der Waals surface area contributed by atoms with Crippen LogP contribution in [0.4, 0.5) is 0 Å². The second-order valence-electron chi connectivity index (χ2n) is 8.17. The van der Waals surface area contributed by atoms with E-state index in [1.807, 2.05) is 11.3 Å². The lowest BCUT2D eigenvalue weighted by atomic mass is 9.92. The number of aryl methyl sites for hydroxylation is 4. The van der Waals surface area contributed by atoms with Crippen molar-refractivity contribution in [3.63, 3.8) is 0 Å². The van der Waals surface area contributed by atoms with Gasteiger partial charge in [0.05, 0.1) is 0 Å². The molecule has 0 nitrogen and oxygen atoms in total. The first kappa shape index (κ1) is 22.2. The molecule has 0 fully saturated rings. The molecule has 0 amide bonds. The summed E-state index contributed by atoms with van der Waals surface area (Å²) < 4.78 is 0. The van der Waals surface area contributed by atoms with Crippen molar-refractivity contribution in [1.82, 2.24) is 0 Å². The van der Waals surface area contributed by atoms with Gasteiger partial charge in [0, 0.05) is 9.75 Å². The predicted octanol–water partition coefficient (Wildman–Crippen LogP) is 9.06. The Labute approximate surface area is 172 Å². The Morgan fingerprint density at radius 3 is 1.81 bits per heavy atom. The van der Waals surface area contributed by atoms with Crippen molar-refractivity contribution in [3.05, 3.63) is 45.8 Å². The van der Waals surface area contributed by atoms with E-state index in [4.69, 9.17) is 0 Å². The lowest BCUT2D eigenvalue weighted by molar-refractivity contribution is 0.629. The first-order valence-corrected chi connectivity index (χ1v) is 12.2. The van der Waals surface area contributed by atoms with Crippen LogP contribution in [0.5, 0.6) is 0 Å². The number of hydrogen-bond acceptors (Lipinski definition) is 1. The first-order chi connectivity index (χ1) is 13.2. The summed E-state index contributed by atoms with van der Waals surface area (Å²) >= 11 is 1.95. The fourth-order valence-corrected chi connectivity index (χ4v) is 4.85. The normalized spacial score (nSPS) is 11.3. The van der Waals surface area contributed by atoms with Gasteiger partial charge in [-0.15, -0.1) is 11.3 Å². The maximum absolute atomic E-state index is 2.53. The molecule has 0 saturated carbocycles. The molecule has 0 N–H and O–H groups in total. The maximum atomic E-state index is 2.53. The summed E-state index contributed by atoms with van der Waals surface area (Å²) in [6.07, 6.45) is 16.1. The minimum absolute atomic E-state index is 1.23. The summed E-state index contributed by atoms with van der Waals surface area (Å²) in [7, 11) is 0. The average Bonchev–Trinajstić information content (AvgIpc) is 3.09. The monoisotopic (exact) mass is 384 g/mol. The molecule has 1 aromatic carbocycles. The van der Waals surface area contributed by atoms with Crippen molar-refractivity contribution in [1.29, 1.82) is 0 Å².